The maximum absolute atomic E-state index is 11.5. The van der Waals surface area contributed by atoms with Crippen LogP contribution in [-0.2, 0) is 16.0 Å². The zero-order valence-corrected chi connectivity index (χ0v) is 13.9. The Balaban J connectivity index is 1.42. The van der Waals surface area contributed by atoms with E-state index in [1.54, 1.807) is 0 Å². The first-order valence-electron chi connectivity index (χ1n) is 8.96. The second-order valence-corrected chi connectivity index (χ2v) is 7.43. The Kier molecular flexibility index (Phi) is 3.90. The highest BCUT2D eigenvalue weighted by Gasteiger charge is 2.42. The first kappa shape index (κ1) is 15.2. The summed E-state index contributed by atoms with van der Waals surface area (Å²) in [5.74, 6) is 0.129. The topological polar surface area (TPSA) is 50.4 Å². The smallest absolute Gasteiger partial charge is 0.224 e. The van der Waals surface area contributed by atoms with Crippen LogP contribution in [0.4, 0.5) is 5.69 Å². The van der Waals surface area contributed by atoms with Crippen LogP contribution in [0.25, 0.3) is 0 Å². The fourth-order valence-corrected chi connectivity index (χ4v) is 4.21. The van der Waals surface area contributed by atoms with Crippen molar-refractivity contribution in [2.75, 3.05) is 11.9 Å². The molecule has 2 fully saturated rings. The third kappa shape index (κ3) is 3.02. The maximum atomic E-state index is 11.5. The van der Waals surface area contributed by atoms with Gasteiger partial charge in [0.05, 0.1) is 5.60 Å². The van der Waals surface area contributed by atoms with Gasteiger partial charge in [-0.2, -0.15) is 0 Å². The number of anilines is 1. The molecule has 1 amide bonds. The number of hydrogen-bond donors (Lipinski definition) is 2. The van der Waals surface area contributed by atoms with Crippen molar-refractivity contribution in [3.63, 3.8) is 0 Å². The third-order valence-corrected chi connectivity index (χ3v) is 5.77. The average Bonchev–Trinajstić information content (AvgIpc) is 2.53. The lowest BCUT2D eigenvalue weighted by Gasteiger charge is -2.47. The second-order valence-electron chi connectivity index (χ2n) is 7.43. The van der Waals surface area contributed by atoms with Crippen LogP contribution in [-0.4, -0.2) is 24.2 Å². The quantitative estimate of drug-likeness (QED) is 0.900. The highest BCUT2D eigenvalue weighted by molar-refractivity contribution is 5.93. The normalized spacial score (nSPS) is 27.0. The monoisotopic (exact) mass is 314 g/mol. The molecule has 1 aromatic rings. The van der Waals surface area contributed by atoms with Crippen LogP contribution in [0.3, 0.4) is 0 Å². The van der Waals surface area contributed by atoms with Gasteiger partial charge in [0.25, 0.3) is 0 Å². The SMILES string of the molecule is CC(NC1CCOC2(CCC2)C1)c1ccc2c(c1)CCC(=O)N2. The number of hydrogen-bond acceptors (Lipinski definition) is 3. The molecule has 4 rings (SSSR count). The van der Waals surface area contributed by atoms with Crippen molar-refractivity contribution in [2.24, 2.45) is 0 Å². The minimum Gasteiger partial charge on any atom is -0.375 e. The summed E-state index contributed by atoms with van der Waals surface area (Å²) in [7, 11) is 0. The number of fused-ring (bicyclic) bond motifs is 1. The van der Waals surface area contributed by atoms with Gasteiger partial charge in [-0.15, -0.1) is 0 Å². The average molecular weight is 314 g/mol. The van der Waals surface area contributed by atoms with Crippen LogP contribution in [0, 0.1) is 0 Å². The van der Waals surface area contributed by atoms with E-state index < -0.39 is 0 Å². The fraction of sp³-hybridized carbons (Fsp3) is 0.632. The summed E-state index contributed by atoms with van der Waals surface area (Å²) in [5.41, 5.74) is 3.75. The molecule has 1 aliphatic carbocycles. The van der Waals surface area contributed by atoms with Gasteiger partial charge in [0, 0.05) is 30.8 Å². The van der Waals surface area contributed by atoms with Crippen LogP contribution >= 0.6 is 0 Å². The largest absolute Gasteiger partial charge is 0.375 e. The summed E-state index contributed by atoms with van der Waals surface area (Å²) in [6.45, 7) is 3.13. The van der Waals surface area contributed by atoms with Crippen molar-refractivity contribution in [3.8, 4) is 0 Å². The third-order valence-electron chi connectivity index (χ3n) is 5.77. The van der Waals surface area contributed by atoms with Gasteiger partial charge in [-0.05, 0) is 62.6 Å². The zero-order valence-electron chi connectivity index (χ0n) is 13.9. The highest BCUT2D eigenvalue weighted by Crippen LogP contribution is 2.42. The summed E-state index contributed by atoms with van der Waals surface area (Å²) in [4.78, 5) is 11.5. The Bertz CT molecular complexity index is 609. The van der Waals surface area contributed by atoms with Gasteiger partial charge >= 0.3 is 0 Å². The molecule has 1 aromatic carbocycles. The number of amides is 1. The van der Waals surface area contributed by atoms with E-state index in [-0.39, 0.29) is 11.5 Å². The molecular formula is C19H26N2O2. The predicted octanol–water partition coefficient (Wildman–Crippen LogP) is 3.32. The Morgan fingerprint density at radius 3 is 3.00 bits per heavy atom. The number of nitrogens with one attached hydrogen (secondary N) is 2. The Morgan fingerprint density at radius 1 is 1.35 bits per heavy atom. The molecule has 1 saturated carbocycles. The van der Waals surface area contributed by atoms with Crippen LogP contribution in [0.1, 0.15) is 62.6 Å². The summed E-state index contributed by atoms with van der Waals surface area (Å²) in [6, 6.07) is 7.33. The maximum Gasteiger partial charge on any atom is 0.224 e. The molecule has 2 aliphatic heterocycles. The van der Waals surface area contributed by atoms with Crippen molar-refractivity contribution < 1.29 is 9.53 Å². The first-order chi connectivity index (χ1) is 11.1. The highest BCUT2D eigenvalue weighted by atomic mass is 16.5. The number of rotatable bonds is 3. The number of aryl methyl sites for hydroxylation is 1. The van der Waals surface area contributed by atoms with Crippen LogP contribution in [0.5, 0.6) is 0 Å². The summed E-state index contributed by atoms with van der Waals surface area (Å²) >= 11 is 0. The summed E-state index contributed by atoms with van der Waals surface area (Å²) in [6.07, 6.45) is 7.49. The van der Waals surface area contributed by atoms with Crippen molar-refractivity contribution in [1.29, 1.82) is 0 Å². The van der Waals surface area contributed by atoms with E-state index in [1.165, 1.54) is 30.4 Å². The van der Waals surface area contributed by atoms with Crippen molar-refractivity contribution >= 4 is 11.6 Å². The number of carbonyl (C=O) groups excluding carboxylic acids is 1. The molecule has 3 aliphatic rings. The van der Waals surface area contributed by atoms with Crippen molar-refractivity contribution in [1.82, 2.24) is 5.32 Å². The van der Waals surface area contributed by atoms with Crippen LogP contribution in [0.2, 0.25) is 0 Å². The van der Waals surface area contributed by atoms with Gasteiger partial charge in [-0.25, -0.2) is 0 Å². The van der Waals surface area contributed by atoms with E-state index >= 15 is 0 Å². The molecular weight excluding hydrogens is 288 g/mol. The molecule has 2 heterocycles. The van der Waals surface area contributed by atoms with Crippen LogP contribution in [0.15, 0.2) is 18.2 Å². The molecule has 0 aromatic heterocycles. The van der Waals surface area contributed by atoms with Gasteiger partial charge in [-0.3, -0.25) is 4.79 Å². The summed E-state index contributed by atoms with van der Waals surface area (Å²) in [5, 5.41) is 6.76. The van der Waals surface area contributed by atoms with Crippen molar-refractivity contribution in [2.45, 2.75) is 69.6 Å². The van der Waals surface area contributed by atoms with E-state index in [0.717, 1.165) is 31.6 Å². The molecule has 4 heteroatoms. The van der Waals surface area contributed by atoms with E-state index in [0.29, 0.717) is 18.5 Å². The Morgan fingerprint density at radius 2 is 2.22 bits per heavy atom. The molecule has 1 spiro atoms. The fourth-order valence-electron chi connectivity index (χ4n) is 4.21. The minimum atomic E-state index is 0.129. The molecule has 1 saturated heterocycles. The number of ether oxygens (including phenoxy) is 1. The molecule has 2 N–H and O–H groups in total. The lowest BCUT2D eigenvalue weighted by atomic mass is 9.74. The van der Waals surface area contributed by atoms with E-state index in [9.17, 15) is 4.79 Å². The number of benzene rings is 1. The summed E-state index contributed by atoms with van der Waals surface area (Å²) < 4.78 is 6.02. The van der Waals surface area contributed by atoms with Gasteiger partial charge < -0.3 is 15.4 Å². The molecule has 0 radical (unpaired) electrons. The standard InChI is InChI=1S/C19H26N2O2/c1-13(20-16-7-10-23-19(12-16)8-2-9-19)14-3-5-17-15(11-14)4-6-18(22)21-17/h3,5,11,13,16,20H,2,4,6-10,12H2,1H3,(H,21,22). The van der Waals surface area contributed by atoms with E-state index in [4.69, 9.17) is 4.74 Å². The van der Waals surface area contributed by atoms with Crippen LogP contribution < -0.4 is 10.6 Å². The first-order valence-corrected chi connectivity index (χ1v) is 8.96. The number of carbonyl (C=O) groups is 1. The lowest BCUT2D eigenvalue weighted by Crippen LogP contribution is -2.51. The molecule has 2 atom stereocenters. The van der Waals surface area contributed by atoms with Gasteiger partial charge in [-0.1, -0.05) is 12.1 Å². The van der Waals surface area contributed by atoms with E-state index in [2.05, 4.69) is 35.8 Å². The van der Waals surface area contributed by atoms with Crippen molar-refractivity contribution in [3.05, 3.63) is 29.3 Å². The Labute approximate surface area is 138 Å². The van der Waals surface area contributed by atoms with Gasteiger partial charge in [0.15, 0.2) is 0 Å². The zero-order chi connectivity index (χ0) is 15.9. The van der Waals surface area contributed by atoms with Gasteiger partial charge in [0.1, 0.15) is 0 Å². The van der Waals surface area contributed by atoms with Gasteiger partial charge in [0.2, 0.25) is 5.91 Å². The second kappa shape index (κ2) is 5.91. The molecule has 4 nitrogen and oxygen atoms in total. The van der Waals surface area contributed by atoms with E-state index in [1.807, 2.05) is 0 Å². The predicted molar refractivity (Wildman–Crippen MR) is 90.5 cm³/mol. The molecule has 2 unspecified atom stereocenters. The Hall–Kier alpha value is -1.39. The molecule has 124 valence electrons. The molecule has 0 bridgehead atoms. The lowest BCUT2D eigenvalue weighted by molar-refractivity contribution is -0.136. The molecule has 23 heavy (non-hydrogen) atoms. The minimum absolute atomic E-state index is 0.129.